The van der Waals surface area contributed by atoms with E-state index in [1.165, 1.54) is 89.9 Å². The lowest BCUT2D eigenvalue weighted by molar-refractivity contribution is -0.193. The predicted octanol–water partition coefficient (Wildman–Crippen LogP) is 11.1. The quantitative estimate of drug-likeness (QED) is 0.0540. The minimum Gasteiger partial charge on any atom is -0.395 e. The molecule has 0 aromatic carbocycles. The van der Waals surface area contributed by atoms with Crippen molar-refractivity contribution < 1.29 is 29.4 Å². The molecule has 0 amide bonds. The highest BCUT2D eigenvalue weighted by atomic mass is 16.3. The van der Waals surface area contributed by atoms with Crippen LogP contribution in [-0.4, -0.2) is 205 Å². The number of hydrogen-bond donors (Lipinski definition) is 15. The normalized spacial score (nSPS) is 18.6. The Balaban J connectivity index is -0.0000000763. The van der Waals surface area contributed by atoms with Gasteiger partial charge < -0.3 is 79.3 Å². The van der Waals surface area contributed by atoms with Crippen molar-refractivity contribution in [2.24, 2.45) is 29.6 Å². The van der Waals surface area contributed by atoms with Crippen LogP contribution in [0.5, 0.6) is 0 Å². The van der Waals surface area contributed by atoms with Crippen molar-refractivity contribution in [1.29, 1.82) is 0 Å². The molecule has 15 N–H and O–H groups in total. The average molecular weight is 1350 g/mol. The van der Waals surface area contributed by atoms with Crippen LogP contribution in [-0.2, 0) is 19.2 Å². The van der Waals surface area contributed by atoms with E-state index in [0.29, 0.717) is 47.3 Å². The van der Waals surface area contributed by atoms with Gasteiger partial charge in [-0.3, -0.25) is 0 Å². The molecule has 0 aromatic rings. The third kappa shape index (κ3) is 118. The molecule has 3 fully saturated rings. The molecule has 8 unspecified atom stereocenters. The highest BCUT2D eigenvalue weighted by molar-refractivity contribution is 5.20. The largest absolute Gasteiger partial charge is 0.395 e. The molecule has 19 heteroatoms. The number of aliphatic hydroxyl groups is 2. The van der Waals surface area contributed by atoms with Crippen LogP contribution in [0.25, 0.3) is 0 Å². The van der Waals surface area contributed by atoms with Crippen LogP contribution in [0.15, 0.2) is 0 Å². The van der Waals surface area contributed by atoms with Crippen molar-refractivity contribution in [1.82, 2.24) is 69.1 Å². The molecule has 574 valence electrons. The summed E-state index contributed by atoms with van der Waals surface area (Å²) in [6.45, 7) is 55.1. The molecule has 0 spiro atoms. The van der Waals surface area contributed by atoms with Gasteiger partial charge >= 0.3 is 12.3 Å². The summed E-state index contributed by atoms with van der Waals surface area (Å²) in [5.41, 5.74) is 0.806. The molecule has 0 aliphatic heterocycles. The van der Waals surface area contributed by atoms with E-state index in [-0.39, 0.29) is 37.1 Å². The Labute approximate surface area is 583 Å². The highest BCUT2D eigenvalue weighted by Crippen LogP contribution is 2.30. The van der Waals surface area contributed by atoms with Crippen molar-refractivity contribution in [3.05, 3.63) is 0 Å². The van der Waals surface area contributed by atoms with E-state index >= 15 is 0 Å². The van der Waals surface area contributed by atoms with Crippen LogP contribution in [0.3, 0.4) is 0 Å². The summed E-state index contributed by atoms with van der Waals surface area (Å²) in [6.07, 6.45) is 19.5. The summed E-state index contributed by atoms with van der Waals surface area (Å²) in [4.78, 5) is 32.5. The molecule has 0 saturated heterocycles. The number of aliphatic hydroxyl groups excluding tert-OH is 2. The first-order valence-electron chi connectivity index (χ1n) is 36.2. The molecule has 0 heterocycles. The van der Waals surface area contributed by atoms with Crippen molar-refractivity contribution in [3.63, 3.8) is 0 Å². The second kappa shape index (κ2) is 90.2. The number of nitrogens with one attached hydrogen (secondary N) is 13. The lowest BCUT2D eigenvalue weighted by Crippen LogP contribution is -2.45. The van der Waals surface area contributed by atoms with Crippen molar-refractivity contribution >= 4 is 12.3 Å². The van der Waals surface area contributed by atoms with Crippen molar-refractivity contribution in [3.8, 4) is 0 Å². The summed E-state index contributed by atoms with van der Waals surface area (Å²) >= 11 is 0. The third-order valence-corrected chi connectivity index (χ3v) is 17.1. The van der Waals surface area contributed by atoms with E-state index < -0.39 is 0 Å². The summed E-state index contributed by atoms with van der Waals surface area (Å²) < 4.78 is 0. The fraction of sp³-hybridized carbons (Fsp3) is 0.973. The Bertz CT molecular complexity index is 1290. The van der Waals surface area contributed by atoms with Gasteiger partial charge in [-0.1, -0.05) is 129 Å². The lowest BCUT2D eigenvalue weighted by atomic mass is 9.79. The molecule has 3 aliphatic carbocycles. The second-order valence-electron chi connectivity index (χ2n) is 27.6. The zero-order valence-electron chi connectivity index (χ0n) is 69.6. The maximum atomic E-state index is 8.76. The van der Waals surface area contributed by atoms with Gasteiger partial charge in [0.2, 0.25) is 0 Å². The third-order valence-electron chi connectivity index (χ3n) is 17.1. The standard InChI is InChI=1S/2C8H17N.2C7H17N.C6H13N.C6H15N.C5H13NO.2C5H13N.C4H11NO.2C4H11N.C3H9N.2CO2/c2*1-7-5-3-4-6-8(7)9-2;1-6(2)5-7(3)8-4;1-5-6(2)7(3)8-4;1-6(7-2)4-3-5-6;1-5(2)6(3)7-4;1-4(6-3)5(2)7;1-5(2,3)6-4;1-4-5(2)6-3;1-4(3-6)5-2;2*1-4(2)5-3;1-3-4-2;2*2-1-3/h2*7-9H,3-6H2,1-2H3;2*6-8H,5H2,1-4H3;7H,3-5H2,1-2H3;5-7H,1-4H3;4-7H,1-3H3;6H,1-4H3;5-6H,4H2,1-3H3;4-6H,3H2,1-2H3;2*4-5H,1-3H3;4H,3H2,1-2H3;;/t7-,8+;7-,8-;;;;;;;;;;;;;/m01............./s1. The summed E-state index contributed by atoms with van der Waals surface area (Å²) in [5, 5.41) is 57.6. The Morgan fingerprint density at radius 2 is 0.785 bits per heavy atom. The topological polar surface area (TPSA) is 265 Å². The van der Waals surface area contributed by atoms with Gasteiger partial charge in [-0.15, -0.1) is 0 Å². The van der Waals surface area contributed by atoms with Crippen LogP contribution in [0.2, 0.25) is 0 Å². The van der Waals surface area contributed by atoms with Gasteiger partial charge in [0.05, 0.1) is 12.7 Å². The number of hydrogen-bond acceptors (Lipinski definition) is 19. The van der Waals surface area contributed by atoms with Crippen LogP contribution in [0, 0.1) is 29.6 Å². The van der Waals surface area contributed by atoms with Crippen LogP contribution < -0.4 is 69.1 Å². The molecule has 0 radical (unpaired) electrons. The molecule has 93 heavy (non-hydrogen) atoms. The smallest absolute Gasteiger partial charge is 0.373 e. The molecule has 19 nitrogen and oxygen atoms in total. The molecule has 0 aromatic heterocycles. The zero-order chi connectivity index (χ0) is 76.2. The predicted molar refractivity (Wildman–Crippen MR) is 413 cm³/mol. The zero-order valence-corrected chi connectivity index (χ0v) is 69.6. The first-order valence-corrected chi connectivity index (χ1v) is 36.2. The van der Waals surface area contributed by atoms with Crippen LogP contribution in [0.4, 0.5) is 0 Å². The fourth-order valence-electron chi connectivity index (χ4n) is 6.78. The summed E-state index contributed by atoms with van der Waals surface area (Å²) in [5.74, 6) is 4.19. The Morgan fingerprint density at radius 1 is 0.473 bits per heavy atom. The number of carbonyl (C=O) groups excluding carboxylic acids is 4. The van der Waals surface area contributed by atoms with Gasteiger partial charge in [-0.05, 0) is 262 Å². The summed E-state index contributed by atoms with van der Waals surface area (Å²) in [6, 6.07) is 6.01. The Kier molecular flexibility index (Phi) is 115. The van der Waals surface area contributed by atoms with Crippen molar-refractivity contribution in [2.75, 3.05) is 105 Å². The van der Waals surface area contributed by atoms with E-state index in [9.17, 15) is 0 Å². The van der Waals surface area contributed by atoms with Gasteiger partial charge in [0.1, 0.15) is 0 Å². The van der Waals surface area contributed by atoms with Gasteiger partial charge in [-0.25, -0.2) is 0 Å². The van der Waals surface area contributed by atoms with E-state index in [1.807, 2.05) is 91.4 Å². The van der Waals surface area contributed by atoms with E-state index in [2.05, 4.69) is 236 Å². The van der Waals surface area contributed by atoms with E-state index in [4.69, 9.17) is 29.4 Å². The minimum atomic E-state index is -0.245. The van der Waals surface area contributed by atoms with Crippen LogP contribution >= 0.6 is 0 Å². The lowest BCUT2D eigenvalue weighted by Gasteiger charge is -2.37. The molecule has 12 atom stereocenters. The van der Waals surface area contributed by atoms with Crippen molar-refractivity contribution in [2.45, 2.75) is 341 Å². The molecule has 3 aliphatic rings. The second-order valence-corrected chi connectivity index (χ2v) is 27.6. The number of rotatable bonds is 20. The Morgan fingerprint density at radius 3 is 0.849 bits per heavy atom. The van der Waals surface area contributed by atoms with Gasteiger partial charge in [0.15, 0.2) is 0 Å². The van der Waals surface area contributed by atoms with Gasteiger partial charge in [0.25, 0.3) is 0 Å². The molecule has 3 saturated carbocycles. The van der Waals surface area contributed by atoms with Gasteiger partial charge in [0, 0.05) is 71.5 Å². The SMILES string of the molecule is CCC(C)C(C)NC.CCC(C)NC.CCNC.CNC(C)(C)C.CNC(C)C.CNC(C)C.CNC(C)C(C)C.CNC(C)C(C)O.CNC(C)CC(C)C.CNC(C)CO.CNC1(C)CCC1.CN[C@@H]1CCCC[C@@H]1C.CN[C@@H]1CCCC[C@H]1C.O=C=O.O=C=O. The average Bonchev–Trinajstić information content (AvgIpc) is 3.16. The minimum absolute atomic E-state index is 0.208. The Hall–Kier alpha value is -1.84. The van der Waals surface area contributed by atoms with E-state index in [0.717, 1.165) is 48.2 Å². The monoisotopic (exact) mass is 1340 g/mol. The van der Waals surface area contributed by atoms with E-state index in [1.54, 1.807) is 6.92 Å². The first kappa shape index (κ1) is 118. The number of likely N-dealkylation sites (N-methyl/N-ethyl adjacent to an activating group) is 2. The highest BCUT2D eigenvalue weighted by Gasteiger charge is 2.29. The molecular weight excluding hydrogens is 1170 g/mol. The maximum absolute atomic E-state index is 8.76. The van der Waals surface area contributed by atoms with Crippen LogP contribution in [0.1, 0.15) is 263 Å². The molecular formula is C74H177N13O6. The molecule has 0 bridgehead atoms. The molecule has 3 rings (SSSR count). The van der Waals surface area contributed by atoms with Gasteiger partial charge in [-0.2, -0.15) is 19.2 Å². The maximum Gasteiger partial charge on any atom is 0.373 e. The summed E-state index contributed by atoms with van der Waals surface area (Å²) in [7, 11) is 25.6. The fourth-order valence-corrected chi connectivity index (χ4v) is 6.78. The first-order chi connectivity index (χ1) is 43.2.